The van der Waals surface area contributed by atoms with Crippen molar-refractivity contribution in [1.29, 1.82) is 0 Å². The largest absolute Gasteiger partial charge is 0.379 e. The molecule has 0 unspecified atom stereocenters. The topological polar surface area (TPSA) is 91.8 Å². The fourth-order valence-electron chi connectivity index (χ4n) is 3.10. The number of hydrogen-bond donors (Lipinski definition) is 1. The maximum absolute atomic E-state index is 12.6. The van der Waals surface area contributed by atoms with Crippen molar-refractivity contribution in [1.82, 2.24) is 14.6 Å². The number of aromatic nitrogens is 1. The smallest absolute Gasteiger partial charge is 0.243 e. The molecular weight excluding hydrogens is 404 g/mol. The Hall–Kier alpha value is -2.49. The minimum absolute atomic E-state index is 0.0586. The molecule has 1 amide bonds. The van der Waals surface area contributed by atoms with Gasteiger partial charge in [-0.25, -0.2) is 13.4 Å². The van der Waals surface area contributed by atoms with Crippen LogP contribution in [0.3, 0.4) is 0 Å². The Bertz CT molecular complexity index is 938. The maximum atomic E-state index is 12.6. The number of anilines is 1. The lowest BCUT2D eigenvalue weighted by atomic mass is 10.1. The van der Waals surface area contributed by atoms with Gasteiger partial charge >= 0.3 is 0 Å². The van der Waals surface area contributed by atoms with E-state index >= 15 is 0 Å². The Morgan fingerprint density at radius 2 is 1.77 bits per heavy atom. The molecule has 0 saturated carbocycles. The van der Waals surface area contributed by atoms with Crippen molar-refractivity contribution in [2.24, 2.45) is 0 Å². The number of benzene rings is 1. The molecule has 1 saturated heterocycles. The Balaban J connectivity index is 1.48. The number of amides is 1. The van der Waals surface area contributed by atoms with Gasteiger partial charge in [0.1, 0.15) is 5.82 Å². The molecule has 2 heterocycles. The molecule has 8 nitrogen and oxygen atoms in total. The van der Waals surface area contributed by atoms with Crippen molar-refractivity contribution < 1.29 is 17.9 Å². The van der Waals surface area contributed by atoms with Crippen LogP contribution in [0.4, 0.5) is 5.82 Å². The Morgan fingerprint density at radius 3 is 2.37 bits per heavy atom. The average molecular weight is 433 g/mol. The van der Waals surface area contributed by atoms with Crippen LogP contribution in [-0.2, 0) is 32.5 Å². The van der Waals surface area contributed by atoms with E-state index in [1.54, 1.807) is 30.5 Å². The lowest BCUT2D eigenvalue weighted by Gasteiger charge is -2.26. The lowest BCUT2D eigenvalue weighted by Crippen LogP contribution is -2.40. The van der Waals surface area contributed by atoms with Crippen LogP contribution in [0.1, 0.15) is 17.5 Å². The van der Waals surface area contributed by atoms with Crippen LogP contribution in [0.15, 0.2) is 47.5 Å². The first-order valence-electron chi connectivity index (χ1n) is 9.92. The van der Waals surface area contributed by atoms with E-state index in [2.05, 4.69) is 10.3 Å². The number of rotatable bonds is 8. The normalized spacial score (nSPS) is 15.0. The Kier molecular flexibility index (Phi) is 7.41. The zero-order chi connectivity index (χ0) is 21.6. The molecule has 0 atom stereocenters. The second-order valence-electron chi connectivity index (χ2n) is 7.36. The minimum Gasteiger partial charge on any atom is -0.379 e. The third kappa shape index (κ3) is 5.78. The first-order valence-corrected chi connectivity index (χ1v) is 11.4. The third-order valence-corrected chi connectivity index (χ3v) is 6.84. The van der Waals surface area contributed by atoms with E-state index in [-0.39, 0.29) is 10.8 Å². The number of nitrogens with one attached hydrogen (secondary N) is 1. The molecule has 0 bridgehead atoms. The summed E-state index contributed by atoms with van der Waals surface area (Å²) >= 11 is 0. The predicted octanol–water partition coefficient (Wildman–Crippen LogP) is 1.42. The molecular formula is C21H28N4O4S. The summed E-state index contributed by atoms with van der Waals surface area (Å²) in [6.45, 7) is 2.01. The molecule has 2 aromatic rings. The number of morpholine rings is 1. The fraction of sp³-hybridized carbons (Fsp3) is 0.429. The van der Waals surface area contributed by atoms with Crippen molar-refractivity contribution in [2.45, 2.75) is 24.3 Å². The maximum Gasteiger partial charge on any atom is 0.243 e. The summed E-state index contributed by atoms with van der Waals surface area (Å²) < 4.78 is 31.9. The summed E-state index contributed by atoms with van der Waals surface area (Å²) in [4.78, 5) is 18.7. The van der Waals surface area contributed by atoms with Gasteiger partial charge in [-0.05, 0) is 35.7 Å². The van der Waals surface area contributed by atoms with Gasteiger partial charge in [0.25, 0.3) is 0 Å². The molecule has 0 radical (unpaired) electrons. The molecule has 0 spiro atoms. The summed E-state index contributed by atoms with van der Waals surface area (Å²) in [6.07, 6.45) is 2.63. The molecule has 1 N–H and O–H groups in total. The van der Waals surface area contributed by atoms with Crippen molar-refractivity contribution in [2.75, 3.05) is 45.3 Å². The van der Waals surface area contributed by atoms with Crippen LogP contribution in [0.25, 0.3) is 0 Å². The van der Waals surface area contributed by atoms with E-state index in [4.69, 9.17) is 4.74 Å². The molecule has 30 heavy (non-hydrogen) atoms. The number of carbonyl (C=O) groups is 1. The van der Waals surface area contributed by atoms with Crippen LogP contribution < -0.4 is 10.2 Å². The van der Waals surface area contributed by atoms with E-state index in [0.717, 1.165) is 16.9 Å². The van der Waals surface area contributed by atoms with Crippen molar-refractivity contribution >= 4 is 21.7 Å². The highest BCUT2D eigenvalue weighted by Crippen LogP contribution is 2.18. The van der Waals surface area contributed by atoms with E-state index in [1.165, 1.54) is 4.31 Å². The number of sulfonamides is 1. The molecule has 3 rings (SSSR count). The second-order valence-corrected chi connectivity index (χ2v) is 9.29. The molecule has 1 fully saturated rings. The summed E-state index contributed by atoms with van der Waals surface area (Å²) in [7, 11) is 0.357. The van der Waals surface area contributed by atoms with Gasteiger partial charge < -0.3 is 15.0 Å². The van der Waals surface area contributed by atoms with Crippen LogP contribution in [0.2, 0.25) is 0 Å². The Labute approximate surface area is 177 Å². The zero-order valence-corrected chi connectivity index (χ0v) is 18.2. The van der Waals surface area contributed by atoms with Gasteiger partial charge in [0.05, 0.1) is 18.1 Å². The lowest BCUT2D eigenvalue weighted by molar-refractivity contribution is -0.121. The molecule has 1 aromatic carbocycles. The van der Waals surface area contributed by atoms with Gasteiger partial charge in [0.2, 0.25) is 15.9 Å². The van der Waals surface area contributed by atoms with Gasteiger partial charge in [-0.2, -0.15) is 4.31 Å². The van der Waals surface area contributed by atoms with Crippen molar-refractivity contribution in [3.05, 3.63) is 53.7 Å². The van der Waals surface area contributed by atoms with E-state index in [9.17, 15) is 13.2 Å². The quantitative estimate of drug-likeness (QED) is 0.678. The zero-order valence-electron chi connectivity index (χ0n) is 17.4. The van der Waals surface area contributed by atoms with Gasteiger partial charge in [-0.3, -0.25) is 4.79 Å². The minimum atomic E-state index is -3.49. The predicted molar refractivity (Wildman–Crippen MR) is 115 cm³/mol. The number of carbonyl (C=O) groups excluding carboxylic acids is 1. The van der Waals surface area contributed by atoms with E-state index in [0.29, 0.717) is 45.7 Å². The monoisotopic (exact) mass is 432 g/mol. The molecule has 1 aliphatic heterocycles. The van der Waals surface area contributed by atoms with Crippen LogP contribution in [0.5, 0.6) is 0 Å². The van der Waals surface area contributed by atoms with E-state index < -0.39 is 10.0 Å². The Morgan fingerprint density at radius 1 is 1.10 bits per heavy atom. The van der Waals surface area contributed by atoms with Gasteiger partial charge in [-0.1, -0.05) is 18.2 Å². The number of nitrogens with zero attached hydrogens (tertiary/aromatic N) is 3. The summed E-state index contributed by atoms with van der Waals surface area (Å²) in [5.41, 5.74) is 1.86. The SMILES string of the molecule is CN(C)c1ccc(CNC(=O)CCc2ccc(S(=O)(=O)N3CCOCC3)cc2)cn1. The standard InChI is InChI=1S/C21H28N4O4S/c1-24(2)20-9-5-18(15-22-20)16-23-21(26)10-6-17-3-7-19(8-4-17)30(27,28)25-11-13-29-14-12-25/h3-5,7-9,15H,6,10-14,16H2,1-2H3,(H,23,26). The van der Waals surface area contributed by atoms with Gasteiger partial charge in [-0.15, -0.1) is 0 Å². The van der Waals surface area contributed by atoms with Crippen molar-refractivity contribution in [3.8, 4) is 0 Å². The van der Waals surface area contributed by atoms with Gasteiger partial charge in [0.15, 0.2) is 0 Å². The molecule has 1 aromatic heterocycles. The van der Waals surface area contributed by atoms with Crippen LogP contribution in [0, 0.1) is 0 Å². The highest BCUT2D eigenvalue weighted by atomic mass is 32.2. The number of aryl methyl sites for hydroxylation is 1. The number of hydrogen-bond acceptors (Lipinski definition) is 6. The second kappa shape index (κ2) is 10.0. The first kappa shape index (κ1) is 22.2. The number of ether oxygens (including phenoxy) is 1. The first-order chi connectivity index (χ1) is 14.4. The molecule has 0 aliphatic carbocycles. The molecule has 162 valence electrons. The molecule has 1 aliphatic rings. The van der Waals surface area contributed by atoms with Gasteiger partial charge in [0, 0.05) is 46.3 Å². The third-order valence-electron chi connectivity index (χ3n) is 4.93. The summed E-state index contributed by atoms with van der Waals surface area (Å²) in [5, 5.41) is 2.89. The molecule has 9 heteroatoms. The highest BCUT2D eigenvalue weighted by Gasteiger charge is 2.26. The average Bonchev–Trinajstić information content (AvgIpc) is 2.77. The number of pyridine rings is 1. The van der Waals surface area contributed by atoms with Crippen molar-refractivity contribution in [3.63, 3.8) is 0 Å². The fourth-order valence-corrected chi connectivity index (χ4v) is 4.50. The van der Waals surface area contributed by atoms with Crippen LogP contribution in [-0.4, -0.2) is 64.0 Å². The summed E-state index contributed by atoms with van der Waals surface area (Å²) in [5.74, 6) is 0.806. The van der Waals surface area contributed by atoms with Crippen LogP contribution >= 0.6 is 0 Å². The van der Waals surface area contributed by atoms with E-state index in [1.807, 2.05) is 31.1 Å². The summed E-state index contributed by atoms with van der Waals surface area (Å²) in [6, 6.07) is 10.6. The highest BCUT2D eigenvalue weighted by molar-refractivity contribution is 7.89.